The van der Waals surface area contributed by atoms with Crippen molar-refractivity contribution in [2.45, 2.75) is 45.1 Å². The normalized spacial score (nSPS) is 11.2. The lowest BCUT2D eigenvalue weighted by Crippen LogP contribution is -2.09. The Balaban J connectivity index is 1.92. The molecule has 2 rings (SSSR count). The first kappa shape index (κ1) is 14.4. The van der Waals surface area contributed by atoms with E-state index < -0.39 is 0 Å². The SMILES string of the molecule is Cc1cc(CCl)nn1CCCn1nc(CCl)cc1C. The first-order valence-electron chi connectivity index (χ1n) is 6.32. The van der Waals surface area contributed by atoms with Crippen LogP contribution in [0.4, 0.5) is 0 Å². The molecule has 104 valence electrons. The Morgan fingerprint density at radius 1 is 0.895 bits per heavy atom. The second-order valence-corrected chi connectivity index (χ2v) is 5.16. The van der Waals surface area contributed by atoms with Crippen molar-refractivity contribution in [3.63, 3.8) is 0 Å². The molecule has 0 N–H and O–H groups in total. The van der Waals surface area contributed by atoms with Crippen LogP contribution in [0.25, 0.3) is 0 Å². The molecule has 0 aliphatic rings. The van der Waals surface area contributed by atoms with Crippen LogP contribution in [-0.2, 0) is 24.8 Å². The van der Waals surface area contributed by atoms with E-state index >= 15 is 0 Å². The van der Waals surface area contributed by atoms with Gasteiger partial charge in [-0.2, -0.15) is 10.2 Å². The minimum Gasteiger partial charge on any atom is -0.270 e. The Morgan fingerprint density at radius 3 is 1.63 bits per heavy atom. The van der Waals surface area contributed by atoms with Crippen LogP contribution in [0.5, 0.6) is 0 Å². The van der Waals surface area contributed by atoms with Gasteiger partial charge in [0.1, 0.15) is 0 Å². The summed E-state index contributed by atoms with van der Waals surface area (Å²) < 4.78 is 4.00. The first-order valence-corrected chi connectivity index (χ1v) is 7.39. The van der Waals surface area contributed by atoms with Gasteiger partial charge >= 0.3 is 0 Å². The van der Waals surface area contributed by atoms with E-state index in [1.807, 2.05) is 35.3 Å². The van der Waals surface area contributed by atoms with Gasteiger partial charge < -0.3 is 0 Å². The second kappa shape index (κ2) is 6.44. The van der Waals surface area contributed by atoms with Crippen molar-refractivity contribution in [3.8, 4) is 0 Å². The fraction of sp³-hybridized carbons (Fsp3) is 0.538. The van der Waals surface area contributed by atoms with Gasteiger partial charge in [0.05, 0.1) is 23.1 Å². The largest absolute Gasteiger partial charge is 0.270 e. The molecule has 0 atom stereocenters. The maximum atomic E-state index is 5.78. The lowest BCUT2D eigenvalue weighted by atomic mass is 10.3. The first-order chi connectivity index (χ1) is 9.13. The van der Waals surface area contributed by atoms with Gasteiger partial charge in [-0.15, -0.1) is 23.2 Å². The number of alkyl halides is 2. The molecule has 0 aliphatic carbocycles. The minimum absolute atomic E-state index is 0.463. The molecule has 2 aromatic rings. The fourth-order valence-corrected chi connectivity index (χ4v) is 2.37. The average molecular weight is 301 g/mol. The average Bonchev–Trinajstić information content (AvgIpc) is 2.94. The quantitative estimate of drug-likeness (QED) is 0.768. The number of hydrogen-bond acceptors (Lipinski definition) is 2. The van der Waals surface area contributed by atoms with Gasteiger partial charge in [-0.05, 0) is 32.4 Å². The van der Waals surface area contributed by atoms with Crippen LogP contribution in [0.1, 0.15) is 29.2 Å². The molecule has 0 aromatic carbocycles. The van der Waals surface area contributed by atoms with Crippen LogP contribution in [0, 0.1) is 13.8 Å². The van der Waals surface area contributed by atoms with Gasteiger partial charge in [0, 0.05) is 24.5 Å². The molecule has 0 spiro atoms. The number of aromatic nitrogens is 4. The third-order valence-electron chi connectivity index (χ3n) is 3.08. The van der Waals surface area contributed by atoms with Crippen molar-refractivity contribution >= 4 is 23.2 Å². The summed E-state index contributed by atoms with van der Waals surface area (Å²) in [6, 6.07) is 4.05. The summed E-state index contributed by atoms with van der Waals surface area (Å²) in [6.45, 7) is 5.85. The van der Waals surface area contributed by atoms with Crippen LogP contribution >= 0.6 is 23.2 Å². The van der Waals surface area contributed by atoms with E-state index in [9.17, 15) is 0 Å². The smallest absolute Gasteiger partial charge is 0.0775 e. The van der Waals surface area contributed by atoms with Crippen molar-refractivity contribution in [1.82, 2.24) is 19.6 Å². The Morgan fingerprint density at radius 2 is 1.32 bits per heavy atom. The molecule has 0 fully saturated rings. The van der Waals surface area contributed by atoms with Crippen LogP contribution < -0.4 is 0 Å². The summed E-state index contributed by atoms with van der Waals surface area (Å²) in [5.74, 6) is 0.927. The highest BCUT2D eigenvalue weighted by Crippen LogP contribution is 2.09. The van der Waals surface area contributed by atoms with Crippen molar-refractivity contribution in [3.05, 3.63) is 34.9 Å². The van der Waals surface area contributed by atoms with Gasteiger partial charge in [-0.1, -0.05) is 0 Å². The van der Waals surface area contributed by atoms with Crippen LogP contribution in [0.15, 0.2) is 12.1 Å². The number of halogens is 2. The zero-order valence-electron chi connectivity index (χ0n) is 11.2. The summed E-state index contributed by atoms with van der Waals surface area (Å²) in [4.78, 5) is 0. The van der Waals surface area contributed by atoms with Gasteiger partial charge in [-0.25, -0.2) is 0 Å². The third kappa shape index (κ3) is 3.51. The zero-order valence-corrected chi connectivity index (χ0v) is 12.7. The highest BCUT2D eigenvalue weighted by atomic mass is 35.5. The molecule has 0 bridgehead atoms. The Labute approximate surface area is 123 Å². The fourth-order valence-electron chi connectivity index (χ4n) is 2.11. The van der Waals surface area contributed by atoms with Gasteiger partial charge in [0.15, 0.2) is 0 Å². The molecule has 0 aliphatic heterocycles. The monoisotopic (exact) mass is 300 g/mol. The van der Waals surface area contributed by atoms with Crippen molar-refractivity contribution in [2.24, 2.45) is 0 Å². The van der Waals surface area contributed by atoms with Crippen LogP contribution in [-0.4, -0.2) is 19.6 Å². The maximum Gasteiger partial charge on any atom is 0.0775 e. The molecule has 0 saturated carbocycles. The molecular weight excluding hydrogens is 283 g/mol. The summed E-state index contributed by atoms with van der Waals surface area (Å²) in [5, 5.41) is 8.87. The molecule has 19 heavy (non-hydrogen) atoms. The molecule has 6 heteroatoms. The highest BCUT2D eigenvalue weighted by molar-refractivity contribution is 6.17. The zero-order chi connectivity index (χ0) is 13.8. The minimum atomic E-state index is 0.463. The number of rotatable bonds is 6. The van der Waals surface area contributed by atoms with Crippen LogP contribution in [0.3, 0.4) is 0 Å². The van der Waals surface area contributed by atoms with Gasteiger partial charge in [0.2, 0.25) is 0 Å². The Bertz CT molecular complexity index is 497. The van der Waals surface area contributed by atoms with E-state index in [-0.39, 0.29) is 0 Å². The summed E-state index contributed by atoms with van der Waals surface area (Å²) in [5.41, 5.74) is 4.15. The Hall–Kier alpha value is -1.000. The lowest BCUT2D eigenvalue weighted by molar-refractivity contribution is 0.485. The predicted molar refractivity (Wildman–Crippen MR) is 77.7 cm³/mol. The summed E-state index contributed by atoms with van der Waals surface area (Å²) in [7, 11) is 0. The second-order valence-electron chi connectivity index (χ2n) is 4.62. The topological polar surface area (TPSA) is 35.6 Å². The molecule has 0 radical (unpaired) electrons. The molecular formula is C13H18Cl2N4. The number of aryl methyl sites for hydroxylation is 4. The predicted octanol–water partition coefficient (Wildman–Crippen LogP) is 3.26. The van der Waals surface area contributed by atoms with Crippen molar-refractivity contribution in [2.75, 3.05) is 0 Å². The summed E-state index contributed by atoms with van der Waals surface area (Å²) >= 11 is 11.6. The van der Waals surface area contributed by atoms with E-state index in [0.29, 0.717) is 11.8 Å². The van der Waals surface area contributed by atoms with E-state index in [0.717, 1.165) is 42.3 Å². The van der Waals surface area contributed by atoms with Crippen LogP contribution in [0.2, 0.25) is 0 Å². The van der Waals surface area contributed by atoms with E-state index in [4.69, 9.17) is 23.2 Å². The number of hydrogen-bond donors (Lipinski definition) is 0. The van der Waals surface area contributed by atoms with Gasteiger partial charge in [-0.3, -0.25) is 9.36 Å². The highest BCUT2D eigenvalue weighted by Gasteiger charge is 2.05. The molecule has 0 unspecified atom stereocenters. The standard InChI is InChI=1S/C13H18Cl2N4/c1-10-6-12(8-14)16-18(10)4-3-5-19-11(2)7-13(9-15)17-19/h6-7H,3-5,8-9H2,1-2H3. The lowest BCUT2D eigenvalue weighted by Gasteiger charge is -2.06. The molecule has 0 saturated heterocycles. The third-order valence-corrected chi connectivity index (χ3v) is 3.62. The Kier molecular flexibility index (Phi) is 4.88. The van der Waals surface area contributed by atoms with Crippen molar-refractivity contribution in [1.29, 1.82) is 0 Å². The van der Waals surface area contributed by atoms with Gasteiger partial charge in [0.25, 0.3) is 0 Å². The maximum absolute atomic E-state index is 5.78. The van der Waals surface area contributed by atoms with Crippen molar-refractivity contribution < 1.29 is 0 Å². The van der Waals surface area contributed by atoms with E-state index in [1.54, 1.807) is 0 Å². The summed E-state index contributed by atoms with van der Waals surface area (Å²) in [6.07, 6.45) is 0.981. The number of nitrogens with zero attached hydrogens (tertiary/aromatic N) is 4. The molecule has 2 heterocycles. The molecule has 2 aromatic heterocycles. The van der Waals surface area contributed by atoms with E-state index in [2.05, 4.69) is 10.2 Å². The van der Waals surface area contributed by atoms with E-state index in [1.165, 1.54) is 0 Å². The molecule has 4 nitrogen and oxygen atoms in total. The molecule has 0 amide bonds.